The predicted octanol–water partition coefficient (Wildman–Crippen LogP) is 16.8. The molecule has 286 valence electrons. The molecule has 0 unspecified atom stereocenters. The van der Waals surface area contributed by atoms with E-state index < -0.39 is 0 Å². The van der Waals surface area contributed by atoms with E-state index in [4.69, 9.17) is 8.83 Å². The van der Waals surface area contributed by atoms with Gasteiger partial charge in [-0.2, -0.15) is 0 Å². The zero-order valence-corrected chi connectivity index (χ0v) is 33.1. The second-order valence-electron chi connectivity index (χ2n) is 15.7. The third kappa shape index (κ3) is 6.23. The van der Waals surface area contributed by atoms with Gasteiger partial charge in [-0.05, 0) is 146 Å². The molecular formula is C58H37NO2. The molecule has 0 spiro atoms. The van der Waals surface area contributed by atoms with Crippen LogP contribution in [0.4, 0.5) is 17.1 Å². The summed E-state index contributed by atoms with van der Waals surface area (Å²) in [4.78, 5) is 2.32. The summed E-state index contributed by atoms with van der Waals surface area (Å²) >= 11 is 0. The lowest BCUT2D eigenvalue weighted by Crippen LogP contribution is -2.09. The number of hydrogen-bond acceptors (Lipinski definition) is 3. The van der Waals surface area contributed by atoms with Crippen molar-refractivity contribution in [3.05, 3.63) is 224 Å². The number of rotatable bonds is 7. The Bertz CT molecular complexity index is 3450. The Kier molecular flexibility index (Phi) is 8.17. The van der Waals surface area contributed by atoms with Crippen LogP contribution in [-0.2, 0) is 0 Å². The number of para-hydroxylation sites is 3. The van der Waals surface area contributed by atoms with Crippen molar-refractivity contribution in [2.45, 2.75) is 0 Å². The van der Waals surface area contributed by atoms with E-state index >= 15 is 0 Å². The van der Waals surface area contributed by atoms with Crippen LogP contribution in [0.2, 0.25) is 0 Å². The van der Waals surface area contributed by atoms with Gasteiger partial charge in [-0.3, -0.25) is 0 Å². The number of furan rings is 2. The lowest BCUT2D eigenvalue weighted by atomic mass is 9.92. The fourth-order valence-corrected chi connectivity index (χ4v) is 8.94. The van der Waals surface area contributed by atoms with Gasteiger partial charge in [0.05, 0.1) is 0 Å². The standard InChI is InChI=1S/C58H37NO2/c1-2-12-48(13-3-1)59(50-29-24-38-10-4-5-11-42(38)35-50)49-27-22-40(23-28-49)39-18-20-41(21-19-39)45-32-46(43-25-30-53-51-14-6-8-16-55(51)60-57(53)36-43)34-47(33-45)44-26-31-54-52-15-7-9-17-56(52)61-58(54)37-44/h1-37H. The Morgan fingerprint density at radius 3 is 1.23 bits per heavy atom. The van der Waals surface area contributed by atoms with Crippen molar-refractivity contribution in [1.82, 2.24) is 0 Å². The number of anilines is 3. The summed E-state index contributed by atoms with van der Waals surface area (Å²) in [5.41, 5.74) is 16.0. The number of benzene rings is 10. The van der Waals surface area contributed by atoms with Crippen LogP contribution in [0.1, 0.15) is 0 Å². The van der Waals surface area contributed by atoms with E-state index in [9.17, 15) is 0 Å². The molecule has 0 fully saturated rings. The second kappa shape index (κ2) is 14.3. The molecule has 2 aromatic heterocycles. The number of fused-ring (bicyclic) bond motifs is 7. The van der Waals surface area contributed by atoms with Crippen molar-refractivity contribution >= 4 is 71.7 Å². The molecule has 3 nitrogen and oxygen atoms in total. The molecule has 12 rings (SSSR count). The quantitative estimate of drug-likeness (QED) is 0.161. The van der Waals surface area contributed by atoms with Crippen LogP contribution in [0.25, 0.3) is 99.2 Å². The van der Waals surface area contributed by atoms with Gasteiger partial charge >= 0.3 is 0 Å². The predicted molar refractivity (Wildman–Crippen MR) is 255 cm³/mol. The highest BCUT2D eigenvalue weighted by Gasteiger charge is 2.16. The van der Waals surface area contributed by atoms with E-state index in [0.717, 1.165) is 105 Å². The van der Waals surface area contributed by atoms with Crippen LogP contribution in [0.3, 0.4) is 0 Å². The molecule has 0 N–H and O–H groups in total. The summed E-state index contributed by atoms with van der Waals surface area (Å²) in [5.74, 6) is 0. The minimum atomic E-state index is 0.883. The van der Waals surface area contributed by atoms with Crippen molar-refractivity contribution in [2.75, 3.05) is 4.90 Å². The molecule has 0 aliphatic carbocycles. The van der Waals surface area contributed by atoms with Gasteiger partial charge in [0.25, 0.3) is 0 Å². The summed E-state index contributed by atoms with van der Waals surface area (Å²) in [7, 11) is 0. The molecule has 0 saturated carbocycles. The molecule has 0 amide bonds. The molecule has 61 heavy (non-hydrogen) atoms. The molecule has 0 aliphatic heterocycles. The van der Waals surface area contributed by atoms with E-state index in [1.54, 1.807) is 0 Å². The molecule has 0 atom stereocenters. The van der Waals surface area contributed by atoms with E-state index in [1.165, 1.54) is 10.8 Å². The van der Waals surface area contributed by atoms with Gasteiger partial charge in [-0.25, -0.2) is 0 Å². The van der Waals surface area contributed by atoms with Gasteiger partial charge in [0.2, 0.25) is 0 Å². The topological polar surface area (TPSA) is 29.5 Å². The largest absolute Gasteiger partial charge is 0.456 e. The molecule has 0 bridgehead atoms. The summed E-state index contributed by atoms with van der Waals surface area (Å²) in [6.45, 7) is 0. The SMILES string of the molecule is c1ccc(N(c2ccc(-c3ccc(-c4cc(-c5ccc6c(c5)oc5ccccc56)cc(-c5ccc6c(c5)oc5ccccc56)c4)cc3)cc2)c2ccc3ccccc3c2)cc1. The van der Waals surface area contributed by atoms with E-state index in [1.807, 2.05) is 24.3 Å². The molecule has 0 aliphatic rings. The minimum Gasteiger partial charge on any atom is -0.456 e. The summed E-state index contributed by atoms with van der Waals surface area (Å²) < 4.78 is 12.7. The zero-order chi connectivity index (χ0) is 40.3. The molecule has 2 heterocycles. The van der Waals surface area contributed by atoms with Gasteiger partial charge in [-0.15, -0.1) is 0 Å². The summed E-state index contributed by atoms with van der Waals surface area (Å²) in [5, 5.41) is 6.95. The third-order valence-electron chi connectivity index (χ3n) is 12.0. The Morgan fingerprint density at radius 1 is 0.230 bits per heavy atom. The first-order chi connectivity index (χ1) is 30.2. The second-order valence-corrected chi connectivity index (χ2v) is 15.7. The first-order valence-corrected chi connectivity index (χ1v) is 20.7. The molecule has 3 heteroatoms. The van der Waals surface area contributed by atoms with E-state index in [2.05, 4.69) is 205 Å². The highest BCUT2D eigenvalue weighted by atomic mass is 16.3. The van der Waals surface area contributed by atoms with Crippen molar-refractivity contribution in [3.63, 3.8) is 0 Å². The first-order valence-electron chi connectivity index (χ1n) is 20.7. The number of hydrogen-bond donors (Lipinski definition) is 0. The maximum absolute atomic E-state index is 6.34. The van der Waals surface area contributed by atoms with Crippen molar-refractivity contribution < 1.29 is 8.83 Å². The average Bonchev–Trinajstić information content (AvgIpc) is 3.90. The monoisotopic (exact) mass is 779 g/mol. The molecule has 10 aromatic carbocycles. The summed E-state index contributed by atoms with van der Waals surface area (Å²) in [6, 6.07) is 80.1. The fraction of sp³-hybridized carbons (Fsp3) is 0. The lowest BCUT2D eigenvalue weighted by Gasteiger charge is -2.26. The summed E-state index contributed by atoms with van der Waals surface area (Å²) in [6.07, 6.45) is 0. The van der Waals surface area contributed by atoms with Crippen LogP contribution < -0.4 is 4.90 Å². The lowest BCUT2D eigenvalue weighted by molar-refractivity contribution is 0.668. The highest BCUT2D eigenvalue weighted by Crippen LogP contribution is 2.40. The number of nitrogens with zero attached hydrogens (tertiary/aromatic N) is 1. The molecular weight excluding hydrogens is 743 g/mol. The van der Waals surface area contributed by atoms with E-state index in [-0.39, 0.29) is 0 Å². The Morgan fingerprint density at radius 2 is 0.639 bits per heavy atom. The van der Waals surface area contributed by atoms with Crippen LogP contribution in [-0.4, -0.2) is 0 Å². The van der Waals surface area contributed by atoms with Crippen molar-refractivity contribution in [1.29, 1.82) is 0 Å². The van der Waals surface area contributed by atoms with Gasteiger partial charge < -0.3 is 13.7 Å². The van der Waals surface area contributed by atoms with E-state index in [0.29, 0.717) is 0 Å². The third-order valence-corrected chi connectivity index (χ3v) is 12.0. The smallest absolute Gasteiger partial charge is 0.136 e. The van der Waals surface area contributed by atoms with Crippen molar-refractivity contribution in [2.24, 2.45) is 0 Å². The maximum Gasteiger partial charge on any atom is 0.136 e. The van der Waals surface area contributed by atoms with Crippen LogP contribution in [0, 0.1) is 0 Å². The Labute approximate surface area is 353 Å². The highest BCUT2D eigenvalue weighted by molar-refractivity contribution is 6.07. The van der Waals surface area contributed by atoms with Gasteiger partial charge in [0.15, 0.2) is 0 Å². The van der Waals surface area contributed by atoms with Crippen molar-refractivity contribution in [3.8, 4) is 44.5 Å². The van der Waals surface area contributed by atoms with Crippen LogP contribution in [0.5, 0.6) is 0 Å². The molecule has 0 saturated heterocycles. The van der Waals surface area contributed by atoms with Crippen LogP contribution >= 0.6 is 0 Å². The zero-order valence-electron chi connectivity index (χ0n) is 33.1. The van der Waals surface area contributed by atoms with Gasteiger partial charge in [-0.1, -0.05) is 133 Å². The Balaban J connectivity index is 0.914. The Hall–Kier alpha value is -8.14. The van der Waals surface area contributed by atoms with Gasteiger partial charge in [0.1, 0.15) is 22.3 Å². The average molecular weight is 780 g/mol. The minimum absolute atomic E-state index is 0.883. The molecule has 12 aromatic rings. The van der Waals surface area contributed by atoms with Crippen LogP contribution in [0.15, 0.2) is 233 Å². The maximum atomic E-state index is 6.34. The fourth-order valence-electron chi connectivity index (χ4n) is 8.94. The van der Waals surface area contributed by atoms with Gasteiger partial charge in [0, 0.05) is 38.6 Å². The normalized spacial score (nSPS) is 11.6. The first kappa shape index (κ1) is 34.9. The molecule has 0 radical (unpaired) electrons.